The third-order valence-electron chi connectivity index (χ3n) is 3.97. The molecule has 0 aliphatic carbocycles. The van der Waals surface area contributed by atoms with Gasteiger partial charge in [0.15, 0.2) is 0 Å². The lowest BCUT2D eigenvalue weighted by Gasteiger charge is -2.33. The van der Waals surface area contributed by atoms with Gasteiger partial charge in [-0.25, -0.2) is 0 Å². The van der Waals surface area contributed by atoms with Crippen molar-refractivity contribution in [1.82, 2.24) is 0 Å². The molecule has 0 saturated carbocycles. The van der Waals surface area contributed by atoms with Gasteiger partial charge in [-0.1, -0.05) is 18.2 Å². The first-order valence-electron chi connectivity index (χ1n) is 7.16. The second kappa shape index (κ2) is 6.72. The maximum absolute atomic E-state index is 12.4. The molecular formula is C16H21NO4. The van der Waals surface area contributed by atoms with Gasteiger partial charge >= 0.3 is 5.97 Å². The van der Waals surface area contributed by atoms with Crippen molar-refractivity contribution in [3.05, 3.63) is 29.8 Å². The molecule has 1 heterocycles. The smallest absolute Gasteiger partial charge is 0.308 e. The van der Waals surface area contributed by atoms with Crippen molar-refractivity contribution in [2.45, 2.75) is 32.3 Å². The number of anilines is 1. The lowest BCUT2D eigenvalue weighted by molar-refractivity contribution is -0.141. The summed E-state index contributed by atoms with van der Waals surface area (Å²) in [5.41, 5.74) is 1.76. The summed E-state index contributed by atoms with van der Waals surface area (Å²) in [6.45, 7) is 2.16. The van der Waals surface area contributed by atoms with Gasteiger partial charge in [-0.05, 0) is 31.4 Å². The van der Waals surface area contributed by atoms with Crippen molar-refractivity contribution in [2.24, 2.45) is 5.92 Å². The second-order valence-corrected chi connectivity index (χ2v) is 5.46. The fraction of sp³-hybridized carbons (Fsp3) is 0.500. The molecule has 5 nitrogen and oxygen atoms in total. The van der Waals surface area contributed by atoms with Crippen molar-refractivity contribution in [3.8, 4) is 0 Å². The molecule has 114 valence electrons. The zero-order chi connectivity index (χ0) is 15.4. The number of methoxy groups -OCH3 is 1. The molecular weight excluding hydrogens is 270 g/mol. The van der Waals surface area contributed by atoms with E-state index in [1.165, 1.54) is 0 Å². The number of carboxylic acid groups (broad SMARTS) is 1. The number of hydrogen-bond donors (Lipinski definition) is 1. The summed E-state index contributed by atoms with van der Waals surface area (Å²) < 4.78 is 5.15. The van der Waals surface area contributed by atoms with Crippen LogP contribution < -0.4 is 4.90 Å². The molecule has 0 spiro atoms. The highest BCUT2D eigenvalue weighted by Crippen LogP contribution is 2.30. The average molecular weight is 291 g/mol. The topological polar surface area (TPSA) is 66.8 Å². The molecule has 0 radical (unpaired) electrons. The number of carboxylic acids is 1. The van der Waals surface area contributed by atoms with E-state index in [-0.39, 0.29) is 18.6 Å². The number of nitrogens with zero attached hydrogens (tertiary/aromatic N) is 1. The summed E-state index contributed by atoms with van der Waals surface area (Å²) in [4.78, 5) is 25.3. The molecule has 1 N–H and O–H groups in total. The number of hydrogen-bond acceptors (Lipinski definition) is 3. The zero-order valence-corrected chi connectivity index (χ0v) is 12.4. The number of benzene rings is 1. The van der Waals surface area contributed by atoms with E-state index >= 15 is 0 Å². The molecule has 0 fully saturated rings. The number of fused-ring (bicyclic) bond motifs is 1. The van der Waals surface area contributed by atoms with Crippen LogP contribution in [0.3, 0.4) is 0 Å². The Balaban J connectivity index is 2.17. The second-order valence-electron chi connectivity index (χ2n) is 5.46. The third kappa shape index (κ3) is 3.61. The van der Waals surface area contributed by atoms with Crippen LogP contribution in [0.15, 0.2) is 24.3 Å². The van der Waals surface area contributed by atoms with E-state index in [0.29, 0.717) is 19.3 Å². The predicted octanol–water partition coefficient (Wildman–Crippen LogP) is 2.09. The first kappa shape index (κ1) is 15.5. The summed E-state index contributed by atoms with van der Waals surface area (Å²) in [6, 6.07) is 7.52. The highest BCUT2D eigenvalue weighted by Gasteiger charge is 2.31. The molecule has 5 heteroatoms. The Morgan fingerprint density at radius 2 is 2.14 bits per heavy atom. The molecule has 0 saturated heterocycles. The summed E-state index contributed by atoms with van der Waals surface area (Å²) in [6.07, 6.45) is 1.48. The minimum Gasteiger partial charge on any atom is -0.481 e. The maximum Gasteiger partial charge on any atom is 0.308 e. The van der Waals surface area contributed by atoms with Crippen LogP contribution in [0.2, 0.25) is 0 Å². The van der Waals surface area contributed by atoms with Crippen LogP contribution >= 0.6 is 0 Å². The van der Waals surface area contributed by atoms with Crippen molar-refractivity contribution in [3.63, 3.8) is 0 Å². The molecule has 1 amide bonds. The van der Waals surface area contributed by atoms with Crippen molar-refractivity contribution in [2.75, 3.05) is 18.6 Å². The van der Waals surface area contributed by atoms with Crippen LogP contribution in [-0.4, -0.2) is 36.7 Å². The minimum absolute atomic E-state index is 0.0178. The molecule has 0 aromatic heterocycles. The third-order valence-corrected chi connectivity index (χ3v) is 3.97. The summed E-state index contributed by atoms with van der Waals surface area (Å²) in [7, 11) is 1.62. The Morgan fingerprint density at radius 1 is 1.43 bits per heavy atom. The Labute approximate surface area is 124 Å². The van der Waals surface area contributed by atoms with Crippen molar-refractivity contribution >= 4 is 17.6 Å². The van der Waals surface area contributed by atoms with Gasteiger partial charge in [-0.15, -0.1) is 0 Å². The molecule has 1 aromatic rings. The standard InChI is InChI=1S/C16H21NO4/c1-11(21-2)7-8-15(18)17-10-13(16(19)20)9-12-5-3-4-6-14(12)17/h3-6,11,13H,7-10H2,1-2H3,(H,19,20). The van der Waals surface area contributed by atoms with Crippen LogP contribution in [0.25, 0.3) is 0 Å². The van der Waals surface area contributed by atoms with Gasteiger partial charge in [0, 0.05) is 25.8 Å². The average Bonchev–Trinajstić information content (AvgIpc) is 2.50. The number of aliphatic carboxylic acids is 1. The number of amides is 1. The van der Waals surface area contributed by atoms with Crippen LogP contribution in [0.4, 0.5) is 5.69 Å². The number of rotatable bonds is 5. The highest BCUT2D eigenvalue weighted by molar-refractivity contribution is 5.95. The number of ether oxygens (including phenoxy) is 1. The Kier molecular flexibility index (Phi) is 4.96. The molecule has 0 bridgehead atoms. The predicted molar refractivity (Wildman–Crippen MR) is 79.3 cm³/mol. The van der Waals surface area contributed by atoms with Gasteiger partial charge in [0.1, 0.15) is 0 Å². The van der Waals surface area contributed by atoms with Crippen LogP contribution in [0, 0.1) is 5.92 Å². The van der Waals surface area contributed by atoms with Crippen molar-refractivity contribution in [1.29, 1.82) is 0 Å². The van der Waals surface area contributed by atoms with Crippen LogP contribution in [0.5, 0.6) is 0 Å². The molecule has 2 rings (SSSR count). The zero-order valence-electron chi connectivity index (χ0n) is 12.4. The minimum atomic E-state index is -0.854. The number of carbonyl (C=O) groups is 2. The normalized spacial score (nSPS) is 19.0. The Morgan fingerprint density at radius 3 is 2.81 bits per heavy atom. The Hall–Kier alpha value is -1.88. The molecule has 2 unspecified atom stereocenters. The van der Waals surface area contributed by atoms with Crippen LogP contribution in [0.1, 0.15) is 25.3 Å². The summed E-state index contributed by atoms with van der Waals surface area (Å²) in [5.74, 6) is -1.44. The van der Waals surface area contributed by atoms with E-state index in [1.807, 2.05) is 31.2 Å². The van der Waals surface area contributed by atoms with Crippen molar-refractivity contribution < 1.29 is 19.4 Å². The van der Waals surface area contributed by atoms with Gasteiger partial charge in [0.05, 0.1) is 12.0 Å². The van der Waals surface area contributed by atoms with E-state index in [4.69, 9.17) is 4.74 Å². The van der Waals surface area contributed by atoms with Gasteiger partial charge < -0.3 is 14.7 Å². The molecule has 21 heavy (non-hydrogen) atoms. The number of carbonyl (C=O) groups excluding carboxylic acids is 1. The quantitative estimate of drug-likeness (QED) is 0.902. The lowest BCUT2D eigenvalue weighted by atomic mass is 9.92. The fourth-order valence-electron chi connectivity index (χ4n) is 2.58. The molecule has 2 atom stereocenters. The van der Waals surface area contributed by atoms with E-state index in [1.54, 1.807) is 12.0 Å². The number of para-hydroxylation sites is 1. The monoisotopic (exact) mass is 291 g/mol. The summed E-state index contributed by atoms with van der Waals surface area (Å²) >= 11 is 0. The van der Waals surface area contributed by atoms with Gasteiger partial charge in [-0.3, -0.25) is 9.59 Å². The van der Waals surface area contributed by atoms with Gasteiger partial charge in [-0.2, -0.15) is 0 Å². The van der Waals surface area contributed by atoms with Crippen LogP contribution in [-0.2, 0) is 20.7 Å². The first-order chi connectivity index (χ1) is 10.0. The Bertz CT molecular complexity index is 529. The first-order valence-corrected chi connectivity index (χ1v) is 7.16. The molecule has 1 aromatic carbocycles. The SMILES string of the molecule is COC(C)CCC(=O)N1CC(C(=O)O)Cc2ccccc21. The van der Waals surface area contributed by atoms with E-state index in [2.05, 4.69) is 0 Å². The van der Waals surface area contributed by atoms with Gasteiger partial charge in [0.25, 0.3) is 0 Å². The van der Waals surface area contributed by atoms with E-state index in [9.17, 15) is 14.7 Å². The fourth-order valence-corrected chi connectivity index (χ4v) is 2.58. The lowest BCUT2D eigenvalue weighted by Crippen LogP contribution is -2.42. The highest BCUT2D eigenvalue weighted by atomic mass is 16.5. The maximum atomic E-state index is 12.4. The largest absolute Gasteiger partial charge is 0.481 e. The molecule has 1 aliphatic heterocycles. The van der Waals surface area contributed by atoms with E-state index < -0.39 is 11.9 Å². The van der Waals surface area contributed by atoms with E-state index in [0.717, 1.165) is 11.3 Å². The molecule has 1 aliphatic rings. The van der Waals surface area contributed by atoms with Gasteiger partial charge in [0.2, 0.25) is 5.91 Å². The summed E-state index contributed by atoms with van der Waals surface area (Å²) in [5, 5.41) is 9.26.